The lowest BCUT2D eigenvalue weighted by Gasteiger charge is -2.36. The lowest BCUT2D eigenvalue weighted by molar-refractivity contribution is 0.327. The molecule has 2 aliphatic heterocycles. The highest BCUT2D eigenvalue weighted by Crippen LogP contribution is 2.52. The number of fused-ring (bicyclic) bond motifs is 3. The Bertz CT molecular complexity index is 1120. The normalized spacial score (nSPS) is 20.9. The Labute approximate surface area is 188 Å². The molecule has 0 amide bonds. The molecule has 1 aromatic carbocycles. The molecule has 1 fully saturated rings. The van der Waals surface area contributed by atoms with Crippen molar-refractivity contribution in [2.75, 3.05) is 29.9 Å². The van der Waals surface area contributed by atoms with E-state index in [-0.39, 0.29) is 5.41 Å². The first-order valence-corrected chi connectivity index (χ1v) is 11.7. The maximum absolute atomic E-state index is 4.85. The average Bonchev–Trinajstić information content (AvgIpc) is 3.38. The smallest absolute Gasteiger partial charge is 0.222 e. The Kier molecular flexibility index (Phi) is 4.79. The molecular weight excluding hydrogens is 398 g/mol. The van der Waals surface area contributed by atoms with Crippen molar-refractivity contribution in [3.05, 3.63) is 65.4 Å². The third kappa shape index (κ3) is 3.14. The summed E-state index contributed by atoms with van der Waals surface area (Å²) in [6, 6.07) is 8.56. The van der Waals surface area contributed by atoms with Crippen LogP contribution in [0.15, 0.2) is 43.0 Å². The van der Waals surface area contributed by atoms with E-state index in [4.69, 9.17) is 4.98 Å². The predicted molar refractivity (Wildman–Crippen MR) is 125 cm³/mol. The van der Waals surface area contributed by atoms with Crippen molar-refractivity contribution in [3.8, 4) is 0 Å². The Morgan fingerprint density at radius 1 is 1.09 bits per heavy atom. The number of nitrogens with one attached hydrogen (secondary N) is 2. The van der Waals surface area contributed by atoms with E-state index >= 15 is 0 Å². The zero-order valence-corrected chi connectivity index (χ0v) is 18.5. The summed E-state index contributed by atoms with van der Waals surface area (Å²) in [5.41, 5.74) is 6.83. The molecule has 1 unspecified atom stereocenters. The molecule has 3 aromatic rings. The lowest BCUT2D eigenvalue weighted by atomic mass is 9.73. The van der Waals surface area contributed by atoms with Crippen molar-refractivity contribution in [1.29, 1.82) is 0 Å². The fourth-order valence-electron chi connectivity index (χ4n) is 5.94. The highest BCUT2D eigenvalue weighted by Gasteiger charge is 2.46. The summed E-state index contributed by atoms with van der Waals surface area (Å²) in [5.74, 6) is 2.30. The van der Waals surface area contributed by atoms with Crippen LogP contribution >= 0.6 is 0 Å². The van der Waals surface area contributed by atoms with Crippen molar-refractivity contribution >= 4 is 17.5 Å². The standard InChI is InChI=1S/C25H29N7/c1-17-6-7-19-21(17)23(31-16-30-19)32-15-25(8-12-26-13-9-25)22-18(4-2-5-20(22)32)14-29-24-27-10-3-11-28-24/h2-5,10-11,16-17,26H,6-9,12-15H2,1H3,(H,27,28,29). The summed E-state index contributed by atoms with van der Waals surface area (Å²) >= 11 is 0. The molecule has 0 saturated carbocycles. The first-order valence-electron chi connectivity index (χ1n) is 11.7. The number of piperidine rings is 1. The zero-order valence-electron chi connectivity index (χ0n) is 18.5. The fraction of sp³-hybridized carbons (Fsp3) is 0.440. The van der Waals surface area contributed by atoms with Gasteiger partial charge < -0.3 is 15.5 Å². The Hall–Kier alpha value is -3.06. The second-order valence-corrected chi connectivity index (χ2v) is 9.35. The summed E-state index contributed by atoms with van der Waals surface area (Å²) in [4.78, 5) is 20.6. The number of benzene rings is 1. The first-order chi connectivity index (χ1) is 15.8. The quantitative estimate of drug-likeness (QED) is 0.657. The first kappa shape index (κ1) is 19.6. The topological polar surface area (TPSA) is 78.9 Å². The van der Waals surface area contributed by atoms with E-state index in [1.807, 2.05) is 6.07 Å². The van der Waals surface area contributed by atoms with Crippen LogP contribution in [-0.4, -0.2) is 39.6 Å². The molecule has 164 valence electrons. The molecule has 6 rings (SSSR count). The van der Waals surface area contributed by atoms with Crippen LogP contribution in [-0.2, 0) is 18.4 Å². The van der Waals surface area contributed by atoms with Crippen LogP contribution in [0.25, 0.3) is 0 Å². The second kappa shape index (κ2) is 7.81. The fourth-order valence-corrected chi connectivity index (χ4v) is 5.94. The average molecular weight is 428 g/mol. The van der Waals surface area contributed by atoms with E-state index < -0.39 is 0 Å². The summed E-state index contributed by atoms with van der Waals surface area (Å²) in [6.45, 7) is 6.12. The van der Waals surface area contributed by atoms with E-state index in [1.54, 1.807) is 18.7 Å². The van der Waals surface area contributed by atoms with Crippen LogP contribution in [0.4, 0.5) is 17.5 Å². The molecule has 0 radical (unpaired) electrons. The monoisotopic (exact) mass is 427 g/mol. The molecular formula is C25H29N7. The molecule has 2 aromatic heterocycles. The van der Waals surface area contributed by atoms with Crippen molar-refractivity contribution < 1.29 is 0 Å². The number of rotatable bonds is 4. The van der Waals surface area contributed by atoms with Gasteiger partial charge in [0.25, 0.3) is 0 Å². The van der Waals surface area contributed by atoms with Gasteiger partial charge in [-0.2, -0.15) is 0 Å². The van der Waals surface area contributed by atoms with Gasteiger partial charge in [0.05, 0.1) is 0 Å². The molecule has 0 bridgehead atoms. The number of anilines is 3. The summed E-state index contributed by atoms with van der Waals surface area (Å²) in [5, 5.41) is 7.00. The van der Waals surface area contributed by atoms with Crippen molar-refractivity contribution in [2.24, 2.45) is 0 Å². The molecule has 32 heavy (non-hydrogen) atoms. The Morgan fingerprint density at radius 3 is 2.78 bits per heavy atom. The van der Waals surface area contributed by atoms with E-state index in [9.17, 15) is 0 Å². The molecule has 2 N–H and O–H groups in total. The number of aromatic nitrogens is 4. The molecule has 1 atom stereocenters. The van der Waals surface area contributed by atoms with Gasteiger partial charge in [-0.3, -0.25) is 0 Å². The molecule has 1 saturated heterocycles. The Morgan fingerprint density at radius 2 is 1.94 bits per heavy atom. The van der Waals surface area contributed by atoms with E-state index in [0.717, 1.165) is 51.1 Å². The molecule has 1 spiro atoms. The number of hydrogen-bond acceptors (Lipinski definition) is 7. The van der Waals surface area contributed by atoms with Gasteiger partial charge in [-0.1, -0.05) is 19.1 Å². The van der Waals surface area contributed by atoms with Crippen LogP contribution in [0.1, 0.15) is 54.5 Å². The highest BCUT2D eigenvalue weighted by atomic mass is 15.2. The number of nitrogens with zero attached hydrogens (tertiary/aromatic N) is 5. The number of aryl methyl sites for hydroxylation is 1. The van der Waals surface area contributed by atoms with Gasteiger partial charge in [-0.15, -0.1) is 0 Å². The molecule has 4 heterocycles. The largest absolute Gasteiger partial charge is 0.350 e. The third-order valence-corrected chi connectivity index (χ3v) is 7.48. The molecule has 3 aliphatic rings. The van der Waals surface area contributed by atoms with Crippen LogP contribution in [0.5, 0.6) is 0 Å². The van der Waals surface area contributed by atoms with Crippen molar-refractivity contribution in [3.63, 3.8) is 0 Å². The van der Waals surface area contributed by atoms with Crippen LogP contribution in [0, 0.1) is 0 Å². The van der Waals surface area contributed by atoms with Crippen LogP contribution in [0.2, 0.25) is 0 Å². The molecule has 7 heteroatoms. The summed E-state index contributed by atoms with van der Waals surface area (Å²) in [7, 11) is 0. The Balaban J connectivity index is 1.44. The van der Waals surface area contributed by atoms with E-state index in [2.05, 4.69) is 55.6 Å². The van der Waals surface area contributed by atoms with E-state index in [1.165, 1.54) is 28.1 Å². The minimum atomic E-state index is 0.135. The van der Waals surface area contributed by atoms with Gasteiger partial charge in [-0.05, 0) is 68.0 Å². The van der Waals surface area contributed by atoms with Crippen LogP contribution in [0.3, 0.4) is 0 Å². The SMILES string of the molecule is CC1CCc2ncnc(N3CC4(CCNCC4)c4c(CNc5ncccn5)cccc43)c21. The zero-order chi connectivity index (χ0) is 21.5. The maximum Gasteiger partial charge on any atom is 0.222 e. The van der Waals surface area contributed by atoms with Gasteiger partial charge in [-0.25, -0.2) is 19.9 Å². The minimum Gasteiger partial charge on any atom is -0.350 e. The van der Waals surface area contributed by atoms with Gasteiger partial charge in [0, 0.05) is 47.8 Å². The van der Waals surface area contributed by atoms with Gasteiger partial charge in [0.15, 0.2) is 0 Å². The van der Waals surface area contributed by atoms with E-state index in [0.29, 0.717) is 18.4 Å². The summed E-state index contributed by atoms with van der Waals surface area (Å²) in [6.07, 6.45) is 9.81. The summed E-state index contributed by atoms with van der Waals surface area (Å²) < 4.78 is 0. The van der Waals surface area contributed by atoms with Gasteiger partial charge in [0.2, 0.25) is 5.95 Å². The predicted octanol–water partition coefficient (Wildman–Crippen LogP) is 3.70. The van der Waals surface area contributed by atoms with Crippen LogP contribution < -0.4 is 15.5 Å². The number of hydrogen-bond donors (Lipinski definition) is 2. The van der Waals surface area contributed by atoms with Crippen molar-refractivity contribution in [2.45, 2.75) is 50.5 Å². The highest BCUT2D eigenvalue weighted by molar-refractivity contribution is 5.75. The van der Waals surface area contributed by atoms with Crippen molar-refractivity contribution in [1.82, 2.24) is 25.3 Å². The second-order valence-electron chi connectivity index (χ2n) is 9.35. The van der Waals surface area contributed by atoms with Gasteiger partial charge >= 0.3 is 0 Å². The third-order valence-electron chi connectivity index (χ3n) is 7.48. The van der Waals surface area contributed by atoms with Gasteiger partial charge in [0.1, 0.15) is 12.1 Å². The molecule has 7 nitrogen and oxygen atoms in total. The minimum absolute atomic E-state index is 0.135. The maximum atomic E-state index is 4.85. The molecule has 1 aliphatic carbocycles. The lowest BCUT2D eigenvalue weighted by Crippen LogP contribution is -2.43.